The Balaban J connectivity index is 1.70. The number of benzene rings is 1. The zero-order valence-corrected chi connectivity index (χ0v) is 12.0. The number of aliphatic hydroxyl groups is 1. The van der Waals surface area contributed by atoms with E-state index < -0.39 is 29.5 Å². The van der Waals surface area contributed by atoms with Gasteiger partial charge in [-0.3, -0.25) is 4.79 Å². The van der Waals surface area contributed by atoms with Crippen LogP contribution in [0, 0.1) is 11.8 Å². The highest BCUT2D eigenvalue weighted by Crippen LogP contribution is 2.51. The molecule has 120 valence electrons. The summed E-state index contributed by atoms with van der Waals surface area (Å²) in [6.45, 7) is 0.478. The Bertz CT molecular complexity index is 560. The number of likely N-dealkylation sites (tertiary alicyclic amines) is 1. The molecule has 1 amide bonds. The summed E-state index contributed by atoms with van der Waals surface area (Å²) in [5, 5.41) is 10.8. The van der Waals surface area contributed by atoms with Crippen LogP contribution in [0.1, 0.15) is 24.8 Å². The number of nitrogens with zero attached hydrogens (tertiary/aromatic N) is 1. The van der Waals surface area contributed by atoms with E-state index in [1.54, 1.807) is 24.3 Å². The lowest BCUT2D eigenvalue weighted by Crippen LogP contribution is -2.49. The van der Waals surface area contributed by atoms with Crippen LogP contribution < -0.4 is 0 Å². The molecule has 6 heteroatoms. The lowest BCUT2D eigenvalue weighted by Gasteiger charge is -2.39. The number of hydrogen-bond donors (Lipinski definition) is 1. The molecule has 0 radical (unpaired) electrons. The van der Waals surface area contributed by atoms with Gasteiger partial charge in [0.1, 0.15) is 5.60 Å². The second-order valence-electron chi connectivity index (χ2n) is 6.25. The minimum atomic E-state index is -4.30. The van der Waals surface area contributed by atoms with Crippen LogP contribution in [-0.4, -0.2) is 35.2 Å². The third-order valence-corrected chi connectivity index (χ3v) is 4.62. The van der Waals surface area contributed by atoms with Crippen LogP contribution in [0.4, 0.5) is 13.2 Å². The smallest absolute Gasteiger partial charge is 0.383 e. The third kappa shape index (κ3) is 2.84. The number of piperidine rings is 1. The molecule has 1 aliphatic carbocycles. The largest absolute Gasteiger partial charge is 0.392 e. The van der Waals surface area contributed by atoms with Crippen molar-refractivity contribution >= 4 is 5.91 Å². The van der Waals surface area contributed by atoms with E-state index in [1.165, 1.54) is 4.90 Å². The van der Waals surface area contributed by atoms with Crippen LogP contribution in [0.2, 0.25) is 0 Å². The predicted octanol–water partition coefficient (Wildman–Crippen LogP) is 2.70. The van der Waals surface area contributed by atoms with Crippen molar-refractivity contribution in [2.45, 2.75) is 31.0 Å². The zero-order valence-electron chi connectivity index (χ0n) is 12.0. The molecule has 1 aromatic carbocycles. The van der Waals surface area contributed by atoms with Gasteiger partial charge >= 0.3 is 6.18 Å². The van der Waals surface area contributed by atoms with Crippen molar-refractivity contribution in [3.05, 3.63) is 35.9 Å². The Labute approximate surface area is 126 Å². The molecular formula is C16H18F3NO2. The van der Waals surface area contributed by atoms with Gasteiger partial charge in [0.05, 0.1) is 18.4 Å². The molecular weight excluding hydrogens is 295 g/mol. The molecule has 1 saturated heterocycles. The van der Waals surface area contributed by atoms with E-state index in [0.717, 1.165) is 0 Å². The standard InChI is InChI=1S/C16H18F3NO2/c17-16(18,19)13-9-12(13)14(21)20-8-4-7-15(22,10-20)11-5-2-1-3-6-11/h1-3,5-6,12-13,22H,4,7-10H2/t12-,13-,15?/m1/s1. The molecule has 1 unspecified atom stereocenters. The first-order chi connectivity index (χ1) is 10.3. The number of carbonyl (C=O) groups is 1. The van der Waals surface area contributed by atoms with Gasteiger partial charge in [-0.15, -0.1) is 0 Å². The van der Waals surface area contributed by atoms with Crippen molar-refractivity contribution in [3.63, 3.8) is 0 Å². The van der Waals surface area contributed by atoms with Gasteiger partial charge in [-0.05, 0) is 24.8 Å². The lowest BCUT2D eigenvalue weighted by atomic mass is 9.85. The Morgan fingerprint density at radius 3 is 2.55 bits per heavy atom. The van der Waals surface area contributed by atoms with Crippen LogP contribution in [0.25, 0.3) is 0 Å². The zero-order chi connectivity index (χ0) is 16.0. The van der Waals surface area contributed by atoms with Gasteiger partial charge in [-0.25, -0.2) is 0 Å². The van der Waals surface area contributed by atoms with Crippen molar-refractivity contribution < 1.29 is 23.1 Å². The second-order valence-corrected chi connectivity index (χ2v) is 6.25. The van der Waals surface area contributed by atoms with Gasteiger partial charge in [0.15, 0.2) is 0 Å². The monoisotopic (exact) mass is 313 g/mol. The first-order valence-corrected chi connectivity index (χ1v) is 7.45. The molecule has 3 rings (SSSR count). The number of halogens is 3. The summed E-state index contributed by atoms with van der Waals surface area (Å²) < 4.78 is 37.8. The molecule has 1 heterocycles. The molecule has 0 bridgehead atoms. The van der Waals surface area contributed by atoms with E-state index in [9.17, 15) is 23.1 Å². The summed E-state index contributed by atoms with van der Waals surface area (Å²) in [5.74, 6) is -2.94. The maximum Gasteiger partial charge on any atom is 0.392 e. The molecule has 2 aliphatic rings. The minimum Gasteiger partial charge on any atom is -0.383 e. The first kappa shape index (κ1) is 15.3. The highest BCUT2D eigenvalue weighted by molar-refractivity contribution is 5.82. The van der Waals surface area contributed by atoms with E-state index in [1.807, 2.05) is 6.07 Å². The van der Waals surface area contributed by atoms with E-state index in [4.69, 9.17) is 0 Å². The topological polar surface area (TPSA) is 40.5 Å². The van der Waals surface area contributed by atoms with Gasteiger partial charge in [-0.2, -0.15) is 13.2 Å². The van der Waals surface area contributed by atoms with Gasteiger partial charge in [-0.1, -0.05) is 30.3 Å². The SMILES string of the molecule is O=C([C@@H]1C[C@H]1C(F)(F)F)N1CCCC(O)(c2ccccc2)C1. The first-order valence-electron chi connectivity index (χ1n) is 7.45. The van der Waals surface area contributed by atoms with Gasteiger partial charge in [0.25, 0.3) is 0 Å². The van der Waals surface area contributed by atoms with Crippen LogP contribution in [-0.2, 0) is 10.4 Å². The Kier molecular flexibility index (Phi) is 3.67. The van der Waals surface area contributed by atoms with Crippen LogP contribution >= 0.6 is 0 Å². The summed E-state index contributed by atoms with van der Waals surface area (Å²) in [6, 6.07) is 8.99. The molecule has 1 aliphatic heterocycles. The molecule has 3 atom stereocenters. The molecule has 0 spiro atoms. The van der Waals surface area contributed by atoms with E-state index in [0.29, 0.717) is 24.9 Å². The number of rotatable bonds is 2. The summed E-state index contributed by atoms with van der Waals surface area (Å²) >= 11 is 0. The second kappa shape index (κ2) is 5.26. The molecule has 1 saturated carbocycles. The maximum absolute atomic E-state index is 12.6. The fourth-order valence-corrected chi connectivity index (χ4v) is 3.27. The normalized spacial score (nSPS) is 31.9. The van der Waals surface area contributed by atoms with E-state index >= 15 is 0 Å². The lowest BCUT2D eigenvalue weighted by molar-refractivity contribution is -0.159. The number of alkyl halides is 3. The van der Waals surface area contributed by atoms with E-state index in [-0.39, 0.29) is 13.0 Å². The number of amides is 1. The quantitative estimate of drug-likeness (QED) is 0.912. The van der Waals surface area contributed by atoms with Crippen molar-refractivity contribution in [3.8, 4) is 0 Å². The molecule has 2 fully saturated rings. The van der Waals surface area contributed by atoms with Gasteiger partial charge in [0, 0.05) is 6.54 Å². The Morgan fingerprint density at radius 2 is 1.95 bits per heavy atom. The van der Waals surface area contributed by atoms with Crippen molar-refractivity contribution in [1.82, 2.24) is 4.90 Å². The number of hydrogen-bond acceptors (Lipinski definition) is 2. The predicted molar refractivity (Wildman–Crippen MR) is 73.8 cm³/mol. The van der Waals surface area contributed by atoms with Crippen LogP contribution in [0.3, 0.4) is 0 Å². The fraction of sp³-hybridized carbons (Fsp3) is 0.562. The summed E-state index contributed by atoms with van der Waals surface area (Å²) in [6.07, 6.45) is -3.33. The molecule has 0 aromatic heterocycles. The van der Waals surface area contributed by atoms with Crippen LogP contribution in [0.15, 0.2) is 30.3 Å². The van der Waals surface area contributed by atoms with Crippen molar-refractivity contribution in [2.24, 2.45) is 11.8 Å². The average Bonchev–Trinajstić information content (AvgIpc) is 3.28. The summed E-state index contributed by atoms with van der Waals surface area (Å²) in [4.78, 5) is 13.6. The van der Waals surface area contributed by atoms with E-state index in [2.05, 4.69) is 0 Å². The molecule has 1 aromatic rings. The maximum atomic E-state index is 12.6. The van der Waals surface area contributed by atoms with Crippen LogP contribution in [0.5, 0.6) is 0 Å². The summed E-state index contributed by atoms with van der Waals surface area (Å²) in [5.41, 5.74) is -0.465. The third-order valence-electron chi connectivity index (χ3n) is 4.62. The van der Waals surface area contributed by atoms with Gasteiger partial charge in [0.2, 0.25) is 5.91 Å². The highest BCUT2D eigenvalue weighted by Gasteiger charge is 2.60. The molecule has 3 nitrogen and oxygen atoms in total. The number of carbonyl (C=O) groups excluding carboxylic acids is 1. The summed E-state index contributed by atoms with van der Waals surface area (Å²) in [7, 11) is 0. The average molecular weight is 313 g/mol. The molecule has 22 heavy (non-hydrogen) atoms. The number of β-amino-alcohol motifs (C(OH)–C–C–N with tert-alkyl or cyclic N) is 1. The Hall–Kier alpha value is -1.56. The Morgan fingerprint density at radius 1 is 1.27 bits per heavy atom. The molecule has 1 N–H and O–H groups in total. The minimum absolute atomic E-state index is 0.0664. The van der Waals surface area contributed by atoms with Crippen molar-refractivity contribution in [2.75, 3.05) is 13.1 Å². The fourth-order valence-electron chi connectivity index (χ4n) is 3.27. The van der Waals surface area contributed by atoms with Gasteiger partial charge < -0.3 is 10.0 Å². The highest BCUT2D eigenvalue weighted by atomic mass is 19.4. The van der Waals surface area contributed by atoms with Crippen molar-refractivity contribution in [1.29, 1.82) is 0 Å².